The summed E-state index contributed by atoms with van der Waals surface area (Å²) in [6.07, 6.45) is 1.47. The summed E-state index contributed by atoms with van der Waals surface area (Å²) in [7, 11) is 0. The molecule has 0 fully saturated rings. The van der Waals surface area contributed by atoms with E-state index < -0.39 is 23.5 Å². The monoisotopic (exact) mass is 448 g/mol. The van der Waals surface area contributed by atoms with Crippen LogP contribution in [0.15, 0.2) is 35.5 Å². The molecule has 0 aromatic rings. The van der Waals surface area contributed by atoms with Gasteiger partial charge in [0, 0.05) is 0 Å². The Morgan fingerprint density at radius 1 is 0.789 bits per heavy atom. The van der Waals surface area contributed by atoms with Crippen LogP contribution in [0.25, 0.3) is 0 Å². The standard InChI is InChI=1S/2C6H4F3.Hf.2H/c2*7-6(8,9)5-3-1-2-4-5;;;/h2*1,3H,2H2;;;/q2*-1;+4;2*-1. The summed E-state index contributed by atoms with van der Waals surface area (Å²) in [6, 6.07) is 0. The van der Waals surface area contributed by atoms with Crippen LogP contribution in [0.2, 0.25) is 0 Å². The van der Waals surface area contributed by atoms with Crippen LogP contribution in [0.5, 0.6) is 0 Å². The molecule has 0 aliphatic heterocycles. The SMILES string of the molecule is FC(F)(F)C1=[C-]CC=C1.FC(F)(F)C1=[C-]CC=C1.[H-].[H-].[Hf+4]. The fourth-order valence-corrected chi connectivity index (χ4v) is 1.20. The molecule has 0 saturated carbocycles. The second-order valence-corrected chi connectivity index (χ2v) is 3.39. The van der Waals surface area contributed by atoms with Crippen molar-refractivity contribution in [3.8, 4) is 0 Å². The molecule has 0 spiro atoms. The Labute approximate surface area is 128 Å². The third kappa shape index (κ3) is 6.40. The third-order valence-corrected chi connectivity index (χ3v) is 2.00. The van der Waals surface area contributed by atoms with Crippen molar-refractivity contribution >= 4 is 0 Å². The molecule has 0 heterocycles. The van der Waals surface area contributed by atoms with E-state index in [1.807, 2.05) is 0 Å². The van der Waals surface area contributed by atoms with Crippen LogP contribution in [0.1, 0.15) is 15.7 Å². The molecule has 0 bridgehead atoms. The molecule has 0 amide bonds. The zero-order valence-corrected chi connectivity index (χ0v) is 13.1. The molecule has 2 rings (SSSR count). The van der Waals surface area contributed by atoms with E-state index in [0.29, 0.717) is 0 Å². The predicted molar refractivity (Wildman–Crippen MR) is 55.4 cm³/mol. The van der Waals surface area contributed by atoms with E-state index in [9.17, 15) is 26.3 Å². The summed E-state index contributed by atoms with van der Waals surface area (Å²) >= 11 is 0. The van der Waals surface area contributed by atoms with Gasteiger partial charge in [0.15, 0.2) is 0 Å². The minimum atomic E-state index is -4.20. The van der Waals surface area contributed by atoms with Gasteiger partial charge < -0.3 is 2.85 Å². The van der Waals surface area contributed by atoms with E-state index >= 15 is 0 Å². The van der Waals surface area contributed by atoms with E-state index in [-0.39, 0.29) is 41.5 Å². The number of alkyl halides is 6. The molecule has 0 nitrogen and oxygen atoms in total. The Hall–Kier alpha value is -0.590. The van der Waals surface area contributed by atoms with Crippen LogP contribution in [0, 0.1) is 12.2 Å². The second kappa shape index (κ2) is 7.26. The summed E-state index contributed by atoms with van der Waals surface area (Å²) in [5.41, 5.74) is -1.30. The zero-order valence-electron chi connectivity index (χ0n) is 11.5. The van der Waals surface area contributed by atoms with Gasteiger partial charge in [-0.1, -0.05) is 0 Å². The summed E-state index contributed by atoms with van der Waals surface area (Å²) in [5, 5.41) is 0. The summed E-state index contributed by atoms with van der Waals surface area (Å²) < 4.78 is 69.7. The van der Waals surface area contributed by atoms with Crippen molar-refractivity contribution in [1.82, 2.24) is 0 Å². The summed E-state index contributed by atoms with van der Waals surface area (Å²) in [5.74, 6) is 0. The Morgan fingerprint density at radius 2 is 1.11 bits per heavy atom. The zero-order chi connectivity index (χ0) is 13.8. The first-order valence-corrected chi connectivity index (χ1v) is 4.90. The van der Waals surface area contributed by atoms with E-state index in [1.54, 1.807) is 0 Å². The summed E-state index contributed by atoms with van der Waals surface area (Å²) in [4.78, 5) is 0. The first-order valence-electron chi connectivity index (χ1n) is 4.90. The van der Waals surface area contributed by atoms with Crippen LogP contribution >= 0.6 is 0 Å². The van der Waals surface area contributed by atoms with E-state index in [2.05, 4.69) is 12.2 Å². The molecule has 2 aliphatic rings. The van der Waals surface area contributed by atoms with E-state index in [1.165, 1.54) is 12.2 Å². The molecule has 19 heavy (non-hydrogen) atoms. The Bertz CT molecular complexity index is 378. The van der Waals surface area contributed by atoms with Crippen molar-refractivity contribution < 1.29 is 55.0 Å². The van der Waals surface area contributed by atoms with Crippen LogP contribution < -0.4 is 0 Å². The quantitative estimate of drug-likeness (QED) is 0.287. The van der Waals surface area contributed by atoms with Gasteiger partial charge >= 0.3 is 38.2 Å². The minimum absolute atomic E-state index is 0. The fourth-order valence-electron chi connectivity index (χ4n) is 1.20. The number of allylic oxidation sites excluding steroid dienone is 8. The Kier molecular flexibility index (Phi) is 7.04. The van der Waals surface area contributed by atoms with Gasteiger partial charge in [-0.3, -0.25) is 12.2 Å². The number of hydrogen-bond acceptors (Lipinski definition) is 0. The van der Waals surface area contributed by atoms with Crippen LogP contribution in [-0.4, -0.2) is 12.4 Å². The number of halogens is 6. The molecule has 0 aromatic heterocycles. The molecule has 0 atom stereocenters. The molecule has 0 unspecified atom stereocenters. The van der Waals surface area contributed by atoms with Crippen molar-refractivity contribution in [3.05, 3.63) is 47.6 Å². The van der Waals surface area contributed by atoms with E-state index in [0.717, 1.165) is 12.2 Å². The molecular weight excluding hydrogens is 437 g/mol. The molecular formula is C12H10F6Hf. The molecule has 0 saturated heterocycles. The van der Waals surface area contributed by atoms with Gasteiger partial charge in [0.25, 0.3) is 0 Å². The predicted octanol–water partition coefficient (Wildman–Crippen LogP) is 4.70. The molecule has 0 radical (unpaired) electrons. The summed E-state index contributed by atoms with van der Waals surface area (Å²) in [6.45, 7) is 0. The Balaban J connectivity index is -0.000000270. The normalized spacial score (nSPS) is 17.4. The molecule has 0 aromatic carbocycles. The van der Waals surface area contributed by atoms with Crippen molar-refractivity contribution in [3.63, 3.8) is 0 Å². The Morgan fingerprint density at radius 3 is 1.21 bits per heavy atom. The molecule has 0 N–H and O–H groups in total. The van der Waals surface area contributed by atoms with Gasteiger partial charge in [-0.25, -0.2) is 12.2 Å². The molecule has 7 heteroatoms. The molecule has 2 aliphatic carbocycles. The van der Waals surface area contributed by atoms with Crippen LogP contribution in [0.3, 0.4) is 0 Å². The maximum atomic E-state index is 11.6. The van der Waals surface area contributed by atoms with Crippen molar-refractivity contribution in [1.29, 1.82) is 0 Å². The first kappa shape index (κ1) is 18.4. The molecule has 104 valence electrons. The minimum Gasteiger partial charge on any atom is -1.00 e. The maximum Gasteiger partial charge on any atom is 4.00 e. The average molecular weight is 447 g/mol. The van der Waals surface area contributed by atoms with Gasteiger partial charge in [0.05, 0.1) is 0 Å². The van der Waals surface area contributed by atoms with Gasteiger partial charge in [-0.2, -0.15) is 38.5 Å². The van der Waals surface area contributed by atoms with Crippen molar-refractivity contribution in [2.24, 2.45) is 0 Å². The van der Waals surface area contributed by atoms with Crippen LogP contribution in [-0.2, 0) is 25.8 Å². The van der Waals surface area contributed by atoms with Gasteiger partial charge in [0.2, 0.25) is 0 Å². The largest absolute Gasteiger partial charge is 4.00 e. The van der Waals surface area contributed by atoms with Gasteiger partial charge in [0.1, 0.15) is 0 Å². The number of hydrogen-bond donors (Lipinski definition) is 0. The van der Waals surface area contributed by atoms with E-state index in [4.69, 9.17) is 0 Å². The van der Waals surface area contributed by atoms with Crippen molar-refractivity contribution in [2.75, 3.05) is 0 Å². The smallest absolute Gasteiger partial charge is 1.00 e. The van der Waals surface area contributed by atoms with Gasteiger partial charge in [-0.05, 0) is 0 Å². The van der Waals surface area contributed by atoms with Crippen molar-refractivity contribution in [2.45, 2.75) is 25.2 Å². The maximum absolute atomic E-state index is 11.6. The number of rotatable bonds is 0. The topological polar surface area (TPSA) is 0 Å². The van der Waals surface area contributed by atoms with Crippen LogP contribution in [0.4, 0.5) is 26.3 Å². The van der Waals surface area contributed by atoms with Gasteiger partial charge in [-0.15, -0.1) is 24.0 Å². The third-order valence-electron chi connectivity index (χ3n) is 2.00. The average Bonchev–Trinajstić information content (AvgIpc) is 2.91. The fraction of sp³-hybridized carbons (Fsp3) is 0.333. The second-order valence-electron chi connectivity index (χ2n) is 3.39. The first-order chi connectivity index (χ1) is 8.21.